The molecule has 0 aliphatic heterocycles. The van der Waals surface area contributed by atoms with Gasteiger partial charge in [-0.3, -0.25) is 0 Å². The fourth-order valence-corrected chi connectivity index (χ4v) is 1.89. The molecule has 82 valence electrons. The molecule has 1 N–H and O–H groups in total. The Balaban J connectivity index is 2.09. The van der Waals surface area contributed by atoms with Gasteiger partial charge in [0.05, 0.1) is 0 Å². The zero-order valence-corrected chi connectivity index (χ0v) is 9.43. The van der Waals surface area contributed by atoms with E-state index in [1.807, 2.05) is 18.2 Å². The summed E-state index contributed by atoms with van der Waals surface area (Å²) in [7, 11) is 0. The fourth-order valence-electron chi connectivity index (χ4n) is 1.89. The third kappa shape index (κ3) is 2.63. The molecule has 0 amide bonds. The Labute approximate surface area is 96.4 Å². The molecule has 1 unspecified atom stereocenters. The minimum Gasteiger partial charge on any atom is -0.508 e. The topological polar surface area (TPSA) is 20.2 Å². The summed E-state index contributed by atoms with van der Waals surface area (Å²) >= 11 is 0. The highest BCUT2D eigenvalue weighted by Gasteiger charge is 2.06. The number of phenols is 1. The zero-order chi connectivity index (χ0) is 11.4. The van der Waals surface area contributed by atoms with E-state index in [9.17, 15) is 5.11 Å². The quantitative estimate of drug-likeness (QED) is 0.821. The molecule has 2 aromatic carbocycles. The monoisotopic (exact) mass is 212 g/mol. The van der Waals surface area contributed by atoms with Crippen LogP contribution in [0.3, 0.4) is 0 Å². The molecule has 0 radical (unpaired) electrons. The Morgan fingerprint density at radius 1 is 0.938 bits per heavy atom. The first-order valence-corrected chi connectivity index (χ1v) is 5.58. The van der Waals surface area contributed by atoms with Crippen molar-refractivity contribution < 1.29 is 5.11 Å². The Hall–Kier alpha value is -1.76. The second kappa shape index (κ2) is 4.84. The van der Waals surface area contributed by atoms with Crippen LogP contribution in [-0.2, 0) is 6.42 Å². The molecule has 16 heavy (non-hydrogen) atoms. The van der Waals surface area contributed by atoms with Gasteiger partial charge in [0, 0.05) is 0 Å². The summed E-state index contributed by atoms with van der Waals surface area (Å²) in [4.78, 5) is 0. The molecule has 2 rings (SSSR count). The summed E-state index contributed by atoms with van der Waals surface area (Å²) in [5.41, 5.74) is 2.62. The van der Waals surface area contributed by atoms with Crippen LogP contribution in [0.4, 0.5) is 0 Å². The Morgan fingerprint density at radius 3 is 2.19 bits per heavy atom. The lowest BCUT2D eigenvalue weighted by molar-refractivity contribution is 0.475. The average molecular weight is 212 g/mol. The van der Waals surface area contributed by atoms with Crippen molar-refractivity contribution >= 4 is 0 Å². The lowest BCUT2D eigenvalue weighted by Crippen LogP contribution is -1.97. The summed E-state index contributed by atoms with van der Waals surface area (Å²) in [6.45, 7) is 2.21. The number of rotatable bonds is 3. The molecule has 2 aromatic rings. The predicted molar refractivity (Wildman–Crippen MR) is 66.7 cm³/mol. The fraction of sp³-hybridized carbons (Fsp3) is 0.200. The highest BCUT2D eigenvalue weighted by Crippen LogP contribution is 2.22. The summed E-state index contributed by atoms with van der Waals surface area (Å²) in [5.74, 6) is 0.804. The van der Waals surface area contributed by atoms with Gasteiger partial charge in [0.1, 0.15) is 5.75 Å². The highest BCUT2D eigenvalue weighted by atomic mass is 16.3. The minimum atomic E-state index is 0.329. The minimum absolute atomic E-state index is 0.329. The van der Waals surface area contributed by atoms with Gasteiger partial charge >= 0.3 is 0 Å². The van der Waals surface area contributed by atoms with E-state index < -0.39 is 0 Å². The smallest absolute Gasteiger partial charge is 0.115 e. The molecule has 1 atom stereocenters. The maximum atomic E-state index is 9.23. The molecular formula is C15H16O. The molecule has 0 aliphatic rings. The van der Waals surface area contributed by atoms with Crippen molar-refractivity contribution in [1.29, 1.82) is 0 Å². The average Bonchev–Trinajstić information content (AvgIpc) is 2.31. The van der Waals surface area contributed by atoms with E-state index in [4.69, 9.17) is 0 Å². The summed E-state index contributed by atoms with van der Waals surface area (Å²) < 4.78 is 0. The van der Waals surface area contributed by atoms with Crippen LogP contribution in [0.5, 0.6) is 5.75 Å². The van der Waals surface area contributed by atoms with Crippen LogP contribution in [0.25, 0.3) is 0 Å². The molecular weight excluding hydrogens is 196 g/mol. The van der Waals surface area contributed by atoms with Crippen LogP contribution in [0, 0.1) is 0 Å². The van der Waals surface area contributed by atoms with Gasteiger partial charge in [0.25, 0.3) is 0 Å². The SMILES string of the molecule is CC(Cc1ccccc1)c1ccc(O)cc1. The van der Waals surface area contributed by atoms with E-state index in [-0.39, 0.29) is 0 Å². The molecule has 1 nitrogen and oxygen atoms in total. The third-order valence-electron chi connectivity index (χ3n) is 2.85. The van der Waals surface area contributed by atoms with Gasteiger partial charge in [0.2, 0.25) is 0 Å². The second-order valence-corrected chi connectivity index (χ2v) is 4.18. The van der Waals surface area contributed by atoms with Crippen LogP contribution in [0.1, 0.15) is 24.0 Å². The first-order valence-electron chi connectivity index (χ1n) is 5.58. The van der Waals surface area contributed by atoms with E-state index in [2.05, 4.69) is 31.2 Å². The number of benzene rings is 2. The van der Waals surface area contributed by atoms with Gasteiger partial charge in [-0.15, -0.1) is 0 Å². The maximum absolute atomic E-state index is 9.23. The first kappa shape index (κ1) is 10.7. The van der Waals surface area contributed by atoms with Crippen molar-refractivity contribution in [2.75, 3.05) is 0 Å². The van der Waals surface area contributed by atoms with Crippen LogP contribution >= 0.6 is 0 Å². The van der Waals surface area contributed by atoms with Crippen LogP contribution in [0.2, 0.25) is 0 Å². The number of aromatic hydroxyl groups is 1. The van der Waals surface area contributed by atoms with E-state index in [0.29, 0.717) is 11.7 Å². The molecule has 1 heteroatoms. The Bertz CT molecular complexity index is 431. The van der Waals surface area contributed by atoms with Crippen molar-refractivity contribution in [2.24, 2.45) is 0 Å². The standard InChI is InChI=1S/C15H16O/c1-12(11-13-5-3-2-4-6-13)14-7-9-15(16)10-8-14/h2-10,12,16H,11H2,1H3. The number of phenolic OH excluding ortho intramolecular Hbond substituents is 1. The Morgan fingerprint density at radius 2 is 1.56 bits per heavy atom. The van der Waals surface area contributed by atoms with E-state index in [0.717, 1.165) is 6.42 Å². The summed E-state index contributed by atoms with van der Waals surface area (Å²) in [6.07, 6.45) is 1.03. The van der Waals surface area contributed by atoms with Gasteiger partial charge in [-0.2, -0.15) is 0 Å². The summed E-state index contributed by atoms with van der Waals surface area (Å²) in [5, 5.41) is 9.23. The molecule has 0 saturated heterocycles. The highest BCUT2D eigenvalue weighted by molar-refractivity contribution is 5.29. The molecule has 0 aromatic heterocycles. The molecule has 0 heterocycles. The second-order valence-electron chi connectivity index (χ2n) is 4.18. The van der Waals surface area contributed by atoms with E-state index in [1.165, 1.54) is 11.1 Å². The van der Waals surface area contributed by atoms with Crippen molar-refractivity contribution in [3.63, 3.8) is 0 Å². The van der Waals surface area contributed by atoms with Crippen molar-refractivity contribution in [3.05, 3.63) is 65.7 Å². The predicted octanol–water partition coefficient (Wildman–Crippen LogP) is 3.74. The largest absolute Gasteiger partial charge is 0.508 e. The molecule has 0 spiro atoms. The van der Waals surface area contributed by atoms with Gasteiger partial charge in [-0.05, 0) is 35.6 Å². The van der Waals surface area contributed by atoms with E-state index >= 15 is 0 Å². The molecule has 0 fully saturated rings. The van der Waals surface area contributed by atoms with Crippen molar-refractivity contribution in [1.82, 2.24) is 0 Å². The van der Waals surface area contributed by atoms with Gasteiger partial charge in [-0.1, -0.05) is 49.4 Å². The number of hydrogen-bond donors (Lipinski definition) is 1. The summed E-state index contributed by atoms with van der Waals surface area (Å²) in [6, 6.07) is 17.9. The van der Waals surface area contributed by atoms with Crippen molar-refractivity contribution in [3.8, 4) is 5.75 Å². The van der Waals surface area contributed by atoms with Crippen LogP contribution < -0.4 is 0 Å². The third-order valence-corrected chi connectivity index (χ3v) is 2.85. The number of hydrogen-bond acceptors (Lipinski definition) is 1. The van der Waals surface area contributed by atoms with E-state index in [1.54, 1.807) is 12.1 Å². The van der Waals surface area contributed by atoms with Gasteiger partial charge < -0.3 is 5.11 Å². The molecule has 0 saturated carbocycles. The Kier molecular flexibility index (Phi) is 3.25. The van der Waals surface area contributed by atoms with Crippen LogP contribution in [0.15, 0.2) is 54.6 Å². The van der Waals surface area contributed by atoms with Crippen molar-refractivity contribution in [2.45, 2.75) is 19.3 Å². The molecule has 0 bridgehead atoms. The van der Waals surface area contributed by atoms with Gasteiger partial charge in [-0.25, -0.2) is 0 Å². The maximum Gasteiger partial charge on any atom is 0.115 e. The van der Waals surface area contributed by atoms with Gasteiger partial charge in [0.15, 0.2) is 0 Å². The lowest BCUT2D eigenvalue weighted by atomic mass is 9.94. The normalized spacial score (nSPS) is 12.3. The molecule has 0 aliphatic carbocycles. The van der Waals surface area contributed by atoms with Crippen LogP contribution in [-0.4, -0.2) is 5.11 Å². The zero-order valence-electron chi connectivity index (χ0n) is 9.43. The first-order chi connectivity index (χ1) is 7.75. The lowest BCUT2D eigenvalue weighted by Gasteiger charge is -2.11.